The first-order chi connectivity index (χ1) is 9.11. The van der Waals surface area contributed by atoms with Crippen molar-refractivity contribution < 1.29 is 9.90 Å². The maximum Gasteiger partial charge on any atom is 0.335 e. The fourth-order valence-corrected chi connectivity index (χ4v) is 2.67. The maximum absolute atomic E-state index is 11.0. The molecule has 1 N–H and O–H groups in total. The van der Waals surface area contributed by atoms with Crippen LogP contribution in [0.3, 0.4) is 0 Å². The van der Waals surface area contributed by atoms with E-state index in [9.17, 15) is 4.79 Å². The Bertz CT molecular complexity index is 594. The van der Waals surface area contributed by atoms with Crippen molar-refractivity contribution in [2.24, 2.45) is 0 Å². The van der Waals surface area contributed by atoms with Crippen molar-refractivity contribution in [2.45, 2.75) is 11.8 Å². The number of carboxylic acids is 1. The van der Waals surface area contributed by atoms with Crippen molar-refractivity contribution in [1.29, 1.82) is 0 Å². The number of hydrogen-bond acceptors (Lipinski definition) is 2. The molecular formula is C15H13ClO2S. The molecule has 2 aromatic carbocycles. The normalized spacial score (nSPS) is 10.4. The van der Waals surface area contributed by atoms with Crippen LogP contribution in [0.5, 0.6) is 0 Å². The van der Waals surface area contributed by atoms with Crippen molar-refractivity contribution in [3.05, 3.63) is 53.1 Å². The van der Waals surface area contributed by atoms with Crippen LogP contribution in [-0.2, 0) is 0 Å². The topological polar surface area (TPSA) is 37.3 Å². The molecule has 0 amide bonds. The van der Waals surface area contributed by atoms with Gasteiger partial charge in [0.05, 0.1) is 5.56 Å². The molecule has 0 heterocycles. The minimum absolute atomic E-state index is 0.242. The molecule has 0 radical (unpaired) electrons. The smallest absolute Gasteiger partial charge is 0.335 e. The van der Waals surface area contributed by atoms with E-state index in [0.29, 0.717) is 5.02 Å². The van der Waals surface area contributed by atoms with Gasteiger partial charge in [-0.05, 0) is 41.6 Å². The van der Waals surface area contributed by atoms with Gasteiger partial charge in [-0.2, -0.15) is 0 Å². The van der Waals surface area contributed by atoms with E-state index in [-0.39, 0.29) is 5.56 Å². The highest BCUT2D eigenvalue weighted by molar-refractivity contribution is 7.99. The Hall–Kier alpha value is -1.45. The highest BCUT2D eigenvalue weighted by atomic mass is 35.5. The molecule has 0 bridgehead atoms. The third-order valence-corrected chi connectivity index (χ3v) is 3.91. The summed E-state index contributed by atoms with van der Waals surface area (Å²) in [6.45, 7) is 2.10. The van der Waals surface area contributed by atoms with Gasteiger partial charge in [-0.3, -0.25) is 0 Å². The summed E-state index contributed by atoms with van der Waals surface area (Å²) in [6, 6.07) is 12.7. The minimum Gasteiger partial charge on any atom is -0.478 e. The van der Waals surface area contributed by atoms with Gasteiger partial charge in [0, 0.05) is 15.5 Å². The largest absolute Gasteiger partial charge is 0.478 e. The van der Waals surface area contributed by atoms with Crippen LogP contribution in [0, 0.1) is 0 Å². The summed E-state index contributed by atoms with van der Waals surface area (Å²) in [7, 11) is 0. The molecule has 0 saturated heterocycles. The number of hydrogen-bond donors (Lipinski definition) is 1. The maximum atomic E-state index is 11.0. The Morgan fingerprint density at radius 3 is 2.47 bits per heavy atom. The summed E-state index contributed by atoms with van der Waals surface area (Å²) < 4.78 is 0. The molecule has 98 valence electrons. The van der Waals surface area contributed by atoms with Gasteiger partial charge >= 0.3 is 5.97 Å². The van der Waals surface area contributed by atoms with E-state index in [4.69, 9.17) is 16.7 Å². The lowest BCUT2D eigenvalue weighted by Crippen LogP contribution is -1.96. The number of benzene rings is 2. The second-order valence-corrected chi connectivity index (χ2v) is 5.70. The summed E-state index contributed by atoms with van der Waals surface area (Å²) in [5.41, 5.74) is 1.91. The van der Waals surface area contributed by atoms with Gasteiger partial charge in [0.15, 0.2) is 0 Å². The zero-order chi connectivity index (χ0) is 13.8. The fraction of sp³-hybridized carbons (Fsp3) is 0.133. The molecule has 2 aromatic rings. The van der Waals surface area contributed by atoms with E-state index in [1.54, 1.807) is 23.9 Å². The monoisotopic (exact) mass is 292 g/mol. The van der Waals surface area contributed by atoms with Crippen LogP contribution in [0.15, 0.2) is 47.4 Å². The number of carboxylic acid groups (broad SMARTS) is 1. The van der Waals surface area contributed by atoms with Gasteiger partial charge in [0.1, 0.15) is 0 Å². The number of halogens is 1. The SMILES string of the molecule is CCSc1ccc(-c2cc(C(=O)O)ccc2Cl)cc1. The Kier molecular flexibility index (Phi) is 4.51. The average Bonchev–Trinajstić information content (AvgIpc) is 2.40. The van der Waals surface area contributed by atoms with Crippen LogP contribution in [0.4, 0.5) is 0 Å². The van der Waals surface area contributed by atoms with E-state index < -0.39 is 5.97 Å². The van der Waals surface area contributed by atoms with Gasteiger partial charge in [-0.1, -0.05) is 30.7 Å². The first-order valence-corrected chi connectivity index (χ1v) is 7.24. The molecule has 0 aliphatic carbocycles. The summed E-state index contributed by atoms with van der Waals surface area (Å²) in [4.78, 5) is 12.2. The van der Waals surface area contributed by atoms with E-state index in [0.717, 1.165) is 16.9 Å². The highest BCUT2D eigenvalue weighted by Gasteiger charge is 2.09. The number of aromatic carboxylic acids is 1. The van der Waals surface area contributed by atoms with Gasteiger partial charge in [-0.25, -0.2) is 4.79 Å². The Morgan fingerprint density at radius 1 is 1.21 bits per heavy atom. The Labute approximate surface area is 121 Å². The Balaban J connectivity index is 2.40. The minimum atomic E-state index is -0.948. The van der Waals surface area contributed by atoms with E-state index in [1.165, 1.54) is 11.0 Å². The number of rotatable bonds is 4. The van der Waals surface area contributed by atoms with Crippen LogP contribution >= 0.6 is 23.4 Å². The standard InChI is InChI=1S/C15H13ClO2S/c1-2-19-12-6-3-10(4-7-12)13-9-11(15(17)18)5-8-14(13)16/h3-9H,2H2,1H3,(H,17,18). The zero-order valence-electron chi connectivity index (χ0n) is 10.4. The number of carbonyl (C=O) groups is 1. The molecule has 0 atom stereocenters. The van der Waals surface area contributed by atoms with E-state index in [1.807, 2.05) is 24.3 Å². The van der Waals surface area contributed by atoms with Crippen LogP contribution in [0.2, 0.25) is 5.02 Å². The second kappa shape index (κ2) is 6.13. The van der Waals surface area contributed by atoms with Gasteiger partial charge in [0.25, 0.3) is 0 Å². The first kappa shape index (κ1) is 14.0. The van der Waals surface area contributed by atoms with Crippen molar-refractivity contribution in [2.75, 3.05) is 5.75 Å². The van der Waals surface area contributed by atoms with Crippen LogP contribution < -0.4 is 0 Å². The molecule has 2 nitrogen and oxygen atoms in total. The van der Waals surface area contributed by atoms with Gasteiger partial charge < -0.3 is 5.11 Å². The lowest BCUT2D eigenvalue weighted by atomic mass is 10.0. The quantitative estimate of drug-likeness (QED) is 0.821. The van der Waals surface area contributed by atoms with Gasteiger partial charge in [-0.15, -0.1) is 11.8 Å². The molecule has 0 aliphatic rings. The highest BCUT2D eigenvalue weighted by Crippen LogP contribution is 2.30. The molecule has 4 heteroatoms. The predicted octanol–water partition coefficient (Wildman–Crippen LogP) is 4.82. The van der Waals surface area contributed by atoms with Crippen molar-refractivity contribution >= 4 is 29.3 Å². The molecule has 0 spiro atoms. The molecule has 0 saturated carbocycles. The second-order valence-electron chi connectivity index (χ2n) is 3.96. The molecule has 0 unspecified atom stereocenters. The first-order valence-electron chi connectivity index (χ1n) is 5.88. The fourth-order valence-electron chi connectivity index (χ4n) is 1.78. The van der Waals surface area contributed by atoms with Crippen molar-refractivity contribution in [3.8, 4) is 11.1 Å². The summed E-state index contributed by atoms with van der Waals surface area (Å²) >= 11 is 7.90. The Morgan fingerprint density at radius 2 is 1.89 bits per heavy atom. The lowest BCUT2D eigenvalue weighted by Gasteiger charge is -2.07. The average molecular weight is 293 g/mol. The molecule has 0 fully saturated rings. The third kappa shape index (κ3) is 3.31. The number of thioether (sulfide) groups is 1. The van der Waals surface area contributed by atoms with Crippen LogP contribution in [0.25, 0.3) is 11.1 Å². The summed E-state index contributed by atoms with van der Waals surface area (Å²) in [5, 5.41) is 9.57. The van der Waals surface area contributed by atoms with Crippen LogP contribution in [-0.4, -0.2) is 16.8 Å². The summed E-state index contributed by atoms with van der Waals surface area (Å²) in [6.07, 6.45) is 0. The molecule has 0 aromatic heterocycles. The van der Waals surface area contributed by atoms with E-state index >= 15 is 0 Å². The van der Waals surface area contributed by atoms with Gasteiger partial charge in [0.2, 0.25) is 0 Å². The third-order valence-electron chi connectivity index (χ3n) is 2.69. The summed E-state index contributed by atoms with van der Waals surface area (Å²) in [5.74, 6) is 0.0743. The molecule has 19 heavy (non-hydrogen) atoms. The predicted molar refractivity (Wildman–Crippen MR) is 80.2 cm³/mol. The van der Waals surface area contributed by atoms with E-state index in [2.05, 4.69) is 6.92 Å². The molecule has 2 rings (SSSR count). The van der Waals surface area contributed by atoms with Crippen molar-refractivity contribution in [3.63, 3.8) is 0 Å². The zero-order valence-corrected chi connectivity index (χ0v) is 12.0. The van der Waals surface area contributed by atoms with Crippen LogP contribution in [0.1, 0.15) is 17.3 Å². The lowest BCUT2D eigenvalue weighted by molar-refractivity contribution is 0.0697. The van der Waals surface area contributed by atoms with Crippen molar-refractivity contribution in [1.82, 2.24) is 0 Å². The molecular weight excluding hydrogens is 280 g/mol. The molecule has 0 aliphatic heterocycles.